The van der Waals surface area contributed by atoms with Crippen LogP contribution in [0.4, 0.5) is 0 Å². The molecular weight excluding hydrogens is 208 g/mol. The van der Waals surface area contributed by atoms with Gasteiger partial charge in [-0.25, -0.2) is 4.79 Å². The summed E-state index contributed by atoms with van der Waals surface area (Å²) < 4.78 is 4.87. The second-order valence-electron chi connectivity index (χ2n) is 3.85. The van der Waals surface area contributed by atoms with Gasteiger partial charge < -0.3 is 9.84 Å². The van der Waals surface area contributed by atoms with E-state index in [-0.39, 0.29) is 12.5 Å². The normalized spacial score (nSPS) is 12.6. The number of carbonyl (C=O) groups is 1. The Bertz CT molecular complexity index is 349. The van der Waals surface area contributed by atoms with Crippen LogP contribution >= 0.6 is 0 Å². The van der Waals surface area contributed by atoms with Crippen LogP contribution in [0.2, 0.25) is 0 Å². The summed E-state index contributed by atoms with van der Waals surface area (Å²) in [5.41, 5.74) is 1.36. The van der Waals surface area contributed by atoms with Gasteiger partial charge in [0.1, 0.15) is 0 Å². The standard InChI is InChI=1S/C11H16N2O3/c1-7(2)16-11(15)10(14)4-9-6-12-8(3)5-13-9/h5-7,10,14H,4H2,1-3H3. The molecule has 0 saturated carbocycles. The van der Waals surface area contributed by atoms with Gasteiger partial charge in [-0.05, 0) is 20.8 Å². The number of aryl methyl sites for hydroxylation is 1. The van der Waals surface area contributed by atoms with Crippen molar-refractivity contribution in [3.05, 3.63) is 23.8 Å². The molecule has 1 N–H and O–H groups in total. The highest BCUT2D eigenvalue weighted by Crippen LogP contribution is 2.02. The SMILES string of the molecule is Cc1cnc(CC(O)C(=O)OC(C)C)cn1. The molecule has 0 saturated heterocycles. The van der Waals surface area contributed by atoms with E-state index in [4.69, 9.17) is 4.74 Å². The number of ether oxygens (including phenoxy) is 1. The predicted octanol–water partition coefficient (Wildman–Crippen LogP) is 0.640. The van der Waals surface area contributed by atoms with Gasteiger partial charge in [-0.1, -0.05) is 0 Å². The number of aliphatic hydroxyl groups excluding tert-OH is 1. The van der Waals surface area contributed by atoms with Crippen LogP contribution in [0.25, 0.3) is 0 Å². The van der Waals surface area contributed by atoms with Crippen molar-refractivity contribution in [1.29, 1.82) is 0 Å². The van der Waals surface area contributed by atoms with Crippen molar-refractivity contribution in [2.24, 2.45) is 0 Å². The maximum absolute atomic E-state index is 11.3. The van der Waals surface area contributed by atoms with E-state index in [0.717, 1.165) is 5.69 Å². The van der Waals surface area contributed by atoms with Crippen LogP contribution in [0.3, 0.4) is 0 Å². The van der Waals surface area contributed by atoms with Gasteiger partial charge in [0.05, 0.1) is 17.5 Å². The Morgan fingerprint density at radius 3 is 2.62 bits per heavy atom. The smallest absolute Gasteiger partial charge is 0.335 e. The number of carbonyl (C=O) groups excluding carboxylic acids is 1. The van der Waals surface area contributed by atoms with E-state index in [0.29, 0.717) is 5.69 Å². The zero-order valence-electron chi connectivity index (χ0n) is 9.67. The molecule has 16 heavy (non-hydrogen) atoms. The molecule has 0 aliphatic carbocycles. The van der Waals surface area contributed by atoms with Gasteiger partial charge in [0, 0.05) is 18.8 Å². The van der Waals surface area contributed by atoms with E-state index in [9.17, 15) is 9.90 Å². The second-order valence-corrected chi connectivity index (χ2v) is 3.85. The highest BCUT2D eigenvalue weighted by Gasteiger charge is 2.18. The summed E-state index contributed by atoms with van der Waals surface area (Å²) in [6, 6.07) is 0. The molecule has 1 aromatic rings. The van der Waals surface area contributed by atoms with Gasteiger partial charge in [-0.2, -0.15) is 0 Å². The number of esters is 1. The Morgan fingerprint density at radius 1 is 1.44 bits per heavy atom. The van der Waals surface area contributed by atoms with E-state index in [1.54, 1.807) is 26.2 Å². The second kappa shape index (κ2) is 5.55. The van der Waals surface area contributed by atoms with Crippen molar-refractivity contribution in [2.75, 3.05) is 0 Å². The van der Waals surface area contributed by atoms with Crippen molar-refractivity contribution in [3.63, 3.8) is 0 Å². The fourth-order valence-electron chi connectivity index (χ4n) is 1.12. The van der Waals surface area contributed by atoms with Crippen LogP contribution in [0, 0.1) is 6.92 Å². The summed E-state index contributed by atoms with van der Waals surface area (Å²) >= 11 is 0. The topological polar surface area (TPSA) is 72.3 Å². The van der Waals surface area contributed by atoms with Crippen molar-refractivity contribution >= 4 is 5.97 Å². The first-order valence-corrected chi connectivity index (χ1v) is 5.15. The molecule has 0 bridgehead atoms. The Kier molecular flexibility index (Phi) is 4.37. The predicted molar refractivity (Wildman–Crippen MR) is 57.7 cm³/mol. The van der Waals surface area contributed by atoms with Crippen molar-refractivity contribution < 1.29 is 14.6 Å². The molecule has 1 aromatic heterocycles. The minimum Gasteiger partial charge on any atom is -0.461 e. The third-order valence-electron chi connectivity index (χ3n) is 1.86. The molecule has 0 radical (unpaired) electrons. The molecule has 88 valence electrons. The van der Waals surface area contributed by atoms with Crippen LogP contribution in [0.5, 0.6) is 0 Å². The summed E-state index contributed by atoms with van der Waals surface area (Å²) in [5.74, 6) is -0.627. The van der Waals surface area contributed by atoms with Gasteiger partial charge in [0.15, 0.2) is 6.10 Å². The Hall–Kier alpha value is -1.49. The minimum atomic E-state index is -1.18. The maximum Gasteiger partial charge on any atom is 0.335 e. The van der Waals surface area contributed by atoms with Crippen molar-refractivity contribution in [2.45, 2.75) is 39.4 Å². The van der Waals surface area contributed by atoms with Crippen LogP contribution < -0.4 is 0 Å². The largest absolute Gasteiger partial charge is 0.461 e. The van der Waals surface area contributed by atoms with Crippen molar-refractivity contribution in [1.82, 2.24) is 9.97 Å². The Balaban J connectivity index is 2.53. The highest BCUT2D eigenvalue weighted by atomic mass is 16.6. The van der Waals surface area contributed by atoms with Gasteiger partial charge in [-0.15, -0.1) is 0 Å². The van der Waals surface area contributed by atoms with Gasteiger partial charge in [-0.3, -0.25) is 9.97 Å². The fourth-order valence-corrected chi connectivity index (χ4v) is 1.12. The summed E-state index contributed by atoms with van der Waals surface area (Å²) in [7, 11) is 0. The molecular formula is C11H16N2O3. The molecule has 0 aromatic carbocycles. The Morgan fingerprint density at radius 2 is 2.12 bits per heavy atom. The van der Waals surface area contributed by atoms with Crippen LogP contribution in [0.15, 0.2) is 12.4 Å². The average molecular weight is 224 g/mol. The maximum atomic E-state index is 11.3. The first-order valence-electron chi connectivity index (χ1n) is 5.15. The zero-order valence-corrected chi connectivity index (χ0v) is 9.67. The molecule has 1 atom stereocenters. The van der Waals surface area contributed by atoms with Crippen LogP contribution in [-0.2, 0) is 16.0 Å². The van der Waals surface area contributed by atoms with E-state index >= 15 is 0 Å². The first-order chi connectivity index (χ1) is 7.49. The Labute approximate surface area is 94.5 Å². The quantitative estimate of drug-likeness (QED) is 0.760. The third-order valence-corrected chi connectivity index (χ3v) is 1.86. The van der Waals surface area contributed by atoms with E-state index in [2.05, 4.69) is 9.97 Å². The summed E-state index contributed by atoms with van der Waals surface area (Å²) in [4.78, 5) is 19.4. The number of aromatic nitrogens is 2. The number of hydrogen-bond acceptors (Lipinski definition) is 5. The molecule has 1 unspecified atom stereocenters. The lowest BCUT2D eigenvalue weighted by molar-refractivity contribution is -0.157. The molecule has 5 heteroatoms. The summed E-state index contributed by atoms with van der Waals surface area (Å²) in [5, 5.41) is 9.55. The van der Waals surface area contributed by atoms with Gasteiger partial charge in [0.2, 0.25) is 0 Å². The molecule has 0 spiro atoms. The average Bonchev–Trinajstić information content (AvgIpc) is 2.20. The van der Waals surface area contributed by atoms with Gasteiger partial charge in [0.25, 0.3) is 0 Å². The highest BCUT2D eigenvalue weighted by molar-refractivity contribution is 5.74. The lowest BCUT2D eigenvalue weighted by Gasteiger charge is -2.12. The molecule has 0 amide bonds. The van der Waals surface area contributed by atoms with Crippen LogP contribution in [0.1, 0.15) is 25.2 Å². The number of nitrogens with zero attached hydrogens (tertiary/aromatic N) is 2. The van der Waals surface area contributed by atoms with Crippen LogP contribution in [-0.4, -0.2) is 33.3 Å². The molecule has 0 aliphatic heterocycles. The number of aliphatic hydroxyl groups is 1. The lowest BCUT2D eigenvalue weighted by atomic mass is 10.2. The fraction of sp³-hybridized carbons (Fsp3) is 0.545. The molecule has 0 fully saturated rings. The molecule has 1 rings (SSSR count). The zero-order chi connectivity index (χ0) is 12.1. The molecule has 1 heterocycles. The van der Waals surface area contributed by atoms with Crippen molar-refractivity contribution in [3.8, 4) is 0 Å². The monoisotopic (exact) mass is 224 g/mol. The minimum absolute atomic E-state index is 0.124. The van der Waals surface area contributed by atoms with Gasteiger partial charge >= 0.3 is 5.97 Å². The lowest BCUT2D eigenvalue weighted by Crippen LogP contribution is -2.28. The number of rotatable bonds is 4. The first kappa shape index (κ1) is 12.6. The van der Waals surface area contributed by atoms with E-state index in [1.165, 1.54) is 0 Å². The molecule has 5 nitrogen and oxygen atoms in total. The van der Waals surface area contributed by atoms with E-state index in [1.807, 2.05) is 6.92 Å². The third kappa shape index (κ3) is 3.94. The molecule has 0 aliphatic rings. The summed E-state index contributed by atoms with van der Waals surface area (Å²) in [6.45, 7) is 5.28. The number of hydrogen-bond donors (Lipinski definition) is 1. The van der Waals surface area contributed by atoms with E-state index < -0.39 is 12.1 Å². The summed E-state index contributed by atoms with van der Waals surface area (Å²) in [6.07, 6.45) is 1.85.